The van der Waals surface area contributed by atoms with E-state index in [1.807, 2.05) is 41.5 Å². The van der Waals surface area contributed by atoms with Gasteiger partial charge in [-0.3, -0.25) is 19.2 Å². The molecular weight excluding hydrogens is 502 g/mol. The van der Waals surface area contributed by atoms with Gasteiger partial charge in [0.2, 0.25) is 0 Å². The summed E-state index contributed by atoms with van der Waals surface area (Å²) in [6.45, 7) is 13.6. The zero-order valence-corrected chi connectivity index (χ0v) is 24.8. The second-order valence-corrected chi connectivity index (χ2v) is 11.4. The van der Waals surface area contributed by atoms with E-state index in [1.54, 1.807) is 13.0 Å². The monoisotopic (exact) mass is 549 g/mol. The Bertz CT molecular complexity index is 972. The topological polar surface area (TPSA) is 131 Å². The van der Waals surface area contributed by atoms with Crippen molar-refractivity contribution < 1.29 is 38.1 Å². The molecule has 0 aromatic heterocycles. The third-order valence-electron chi connectivity index (χ3n) is 6.58. The van der Waals surface area contributed by atoms with Crippen molar-refractivity contribution in [1.82, 2.24) is 0 Å². The van der Waals surface area contributed by atoms with E-state index in [4.69, 9.17) is 24.7 Å². The molecule has 0 aliphatic rings. The maximum absolute atomic E-state index is 12.7. The summed E-state index contributed by atoms with van der Waals surface area (Å²) in [6.07, 6.45) is 1.76. The molecule has 0 spiro atoms. The summed E-state index contributed by atoms with van der Waals surface area (Å²) >= 11 is 0. The minimum absolute atomic E-state index is 0.00901. The van der Waals surface area contributed by atoms with Gasteiger partial charge in [0.15, 0.2) is 11.5 Å². The molecule has 2 N–H and O–H groups in total. The first-order chi connectivity index (χ1) is 18.2. The molecule has 1 aromatic carbocycles. The fourth-order valence-corrected chi connectivity index (χ4v) is 3.55. The maximum Gasteiger partial charge on any atom is 0.326 e. The smallest absolute Gasteiger partial charge is 0.326 e. The average Bonchev–Trinajstić information content (AvgIpc) is 2.86. The summed E-state index contributed by atoms with van der Waals surface area (Å²) in [5.74, 6) is -1.28. The Morgan fingerprint density at radius 1 is 0.846 bits per heavy atom. The van der Waals surface area contributed by atoms with E-state index in [0.29, 0.717) is 30.2 Å². The van der Waals surface area contributed by atoms with Crippen molar-refractivity contribution in [3.8, 4) is 11.5 Å². The number of benzene rings is 1. The summed E-state index contributed by atoms with van der Waals surface area (Å²) in [6, 6.07) is 4.71. The van der Waals surface area contributed by atoms with E-state index in [0.717, 1.165) is 0 Å². The van der Waals surface area contributed by atoms with Gasteiger partial charge in [-0.15, -0.1) is 0 Å². The lowest BCUT2D eigenvalue weighted by atomic mass is 9.88. The normalized spacial score (nSPS) is 13.6. The van der Waals surface area contributed by atoms with E-state index in [2.05, 4.69) is 0 Å². The number of rotatable bonds is 16. The van der Waals surface area contributed by atoms with Gasteiger partial charge in [-0.1, -0.05) is 54.5 Å². The van der Waals surface area contributed by atoms with E-state index in [-0.39, 0.29) is 61.6 Å². The van der Waals surface area contributed by atoms with Gasteiger partial charge in [-0.05, 0) is 48.3 Å². The first kappa shape index (κ1) is 34.1. The van der Waals surface area contributed by atoms with Crippen LogP contribution in [0.2, 0.25) is 0 Å². The van der Waals surface area contributed by atoms with Crippen LogP contribution in [0.1, 0.15) is 86.1 Å². The summed E-state index contributed by atoms with van der Waals surface area (Å²) in [4.78, 5) is 49.8. The van der Waals surface area contributed by atoms with Crippen molar-refractivity contribution in [1.29, 1.82) is 0 Å². The zero-order valence-electron chi connectivity index (χ0n) is 24.8. The molecule has 0 radical (unpaired) electrons. The predicted octanol–water partition coefficient (Wildman–Crippen LogP) is 5.01. The standard InChI is InChI=1S/C30H47NO8/c1-19(2)9-13-26(32)38-24-12-11-23(17-25(24)39-27(33)14-10-20(3)4)18-30(31,29(35)36-8)15-16-37-28(34)22(7)21(5)6/h11-12,17,19-22H,9-10,13-16,18,31H2,1-8H3/t22-,30?/m0/s1. The van der Waals surface area contributed by atoms with Gasteiger partial charge >= 0.3 is 23.9 Å². The molecule has 220 valence electrons. The predicted molar refractivity (Wildman–Crippen MR) is 148 cm³/mol. The Kier molecular flexibility index (Phi) is 14.2. The highest BCUT2D eigenvalue weighted by Gasteiger charge is 2.36. The van der Waals surface area contributed by atoms with Crippen LogP contribution < -0.4 is 15.2 Å². The fourth-order valence-electron chi connectivity index (χ4n) is 3.55. The molecule has 2 atom stereocenters. The summed E-state index contributed by atoms with van der Waals surface area (Å²) < 4.78 is 21.4. The van der Waals surface area contributed by atoms with E-state index in [1.165, 1.54) is 19.2 Å². The first-order valence-electron chi connectivity index (χ1n) is 13.8. The molecule has 0 saturated heterocycles. The molecule has 0 aliphatic heterocycles. The third-order valence-corrected chi connectivity index (χ3v) is 6.58. The van der Waals surface area contributed by atoms with Crippen molar-refractivity contribution >= 4 is 23.9 Å². The molecule has 1 aromatic rings. The molecule has 1 unspecified atom stereocenters. The van der Waals surface area contributed by atoms with Crippen LogP contribution in [-0.2, 0) is 35.1 Å². The highest BCUT2D eigenvalue weighted by molar-refractivity contribution is 5.81. The van der Waals surface area contributed by atoms with Crippen LogP contribution in [0.15, 0.2) is 18.2 Å². The summed E-state index contributed by atoms with van der Waals surface area (Å²) in [5, 5.41) is 0. The van der Waals surface area contributed by atoms with Crippen LogP contribution in [0.3, 0.4) is 0 Å². The van der Waals surface area contributed by atoms with Crippen LogP contribution in [0, 0.1) is 23.7 Å². The largest absolute Gasteiger partial charge is 0.468 e. The number of methoxy groups -OCH3 is 1. The summed E-state index contributed by atoms with van der Waals surface area (Å²) in [5.41, 5.74) is 5.51. The number of nitrogens with two attached hydrogens (primary N) is 1. The molecule has 9 nitrogen and oxygen atoms in total. The Morgan fingerprint density at radius 2 is 1.38 bits per heavy atom. The van der Waals surface area contributed by atoms with E-state index >= 15 is 0 Å². The lowest BCUT2D eigenvalue weighted by molar-refractivity contribution is -0.153. The maximum atomic E-state index is 12.7. The van der Waals surface area contributed by atoms with Gasteiger partial charge in [0.25, 0.3) is 0 Å². The van der Waals surface area contributed by atoms with Gasteiger partial charge in [-0.25, -0.2) is 0 Å². The highest BCUT2D eigenvalue weighted by Crippen LogP contribution is 2.32. The molecular formula is C30H47NO8. The number of esters is 4. The zero-order chi connectivity index (χ0) is 29.8. The molecule has 0 amide bonds. The van der Waals surface area contributed by atoms with Gasteiger partial charge in [0.05, 0.1) is 19.6 Å². The molecule has 0 fully saturated rings. The molecule has 1 rings (SSSR count). The quantitative estimate of drug-likeness (QED) is 0.223. The minimum Gasteiger partial charge on any atom is -0.468 e. The molecule has 39 heavy (non-hydrogen) atoms. The lowest BCUT2D eigenvalue weighted by Crippen LogP contribution is -2.51. The van der Waals surface area contributed by atoms with Crippen LogP contribution in [0.25, 0.3) is 0 Å². The van der Waals surface area contributed by atoms with Gasteiger partial charge < -0.3 is 24.7 Å². The number of hydrogen-bond donors (Lipinski definition) is 1. The van der Waals surface area contributed by atoms with Gasteiger partial charge in [0.1, 0.15) is 5.54 Å². The first-order valence-corrected chi connectivity index (χ1v) is 13.8. The SMILES string of the molecule is COC(=O)C(N)(CCOC(=O)[C@@H](C)C(C)C)Cc1ccc(OC(=O)CCC(C)C)c(OC(=O)CCC(C)C)c1. The van der Waals surface area contributed by atoms with Gasteiger partial charge in [-0.2, -0.15) is 0 Å². The Balaban J connectivity index is 3.16. The van der Waals surface area contributed by atoms with Crippen LogP contribution in [-0.4, -0.2) is 43.1 Å². The molecule has 0 aliphatic carbocycles. The van der Waals surface area contributed by atoms with Crippen molar-refractivity contribution in [3.63, 3.8) is 0 Å². The fraction of sp³-hybridized carbons (Fsp3) is 0.667. The number of hydrogen-bond acceptors (Lipinski definition) is 9. The second-order valence-electron chi connectivity index (χ2n) is 11.4. The van der Waals surface area contributed by atoms with E-state index in [9.17, 15) is 19.2 Å². The lowest BCUT2D eigenvalue weighted by Gasteiger charge is -2.27. The Labute approximate surface area is 233 Å². The number of carbonyl (C=O) groups excluding carboxylic acids is 4. The Hall–Kier alpha value is -2.94. The summed E-state index contributed by atoms with van der Waals surface area (Å²) in [7, 11) is 1.23. The molecule has 0 bridgehead atoms. The third kappa shape index (κ3) is 12.2. The van der Waals surface area contributed by atoms with E-state index < -0.39 is 23.4 Å². The number of ether oxygens (including phenoxy) is 4. The average molecular weight is 550 g/mol. The van der Waals surface area contributed by atoms with Crippen LogP contribution in [0.5, 0.6) is 11.5 Å². The van der Waals surface area contributed by atoms with Crippen molar-refractivity contribution in [2.75, 3.05) is 13.7 Å². The van der Waals surface area contributed by atoms with Crippen molar-refractivity contribution in [2.45, 2.75) is 92.5 Å². The van der Waals surface area contributed by atoms with Crippen LogP contribution in [0.4, 0.5) is 0 Å². The van der Waals surface area contributed by atoms with Gasteiger partial charge in [0, 0.05) is 25.7 Å². The van der Waals surface area contributed by atoms with Crippen molar-refractivity contribution in [3.05, 3.63) is 23.8 Å². The highest BCUT2D eigenvalue weighted by atomic mass is 16.6. The second kappa shape index (κ2) is 16.2. The van der Waals surface area contributed by atoms with Crippen molar-refractivity contribution in [2.24, 2.45) is 29.4 Å². The number of carbonyl (C=O) groups is 4. The Morgan fingerprint density at radius 3 is 1.87 bits per heavy atom. The van der Waals surface area contributed by atoms with Crippen LogP contribution >= 0.6 is 0 Å². The molecule has 0 saturated carbocycles. The molecule has 9 heteroatoms. The minimum atomic E-state index is -1.51. The molecule has 0 heterocycles.